The van der Waals surface area contributed by atoms with E-state index in [2.05, 4.69) is 30.4 Å². The highest BCUT2D eigenvalue weighted by Crippen LogP contribution is 2.19. The predicted molar refractivity (Wildman–Crippen MR) is 79.7 cm³/mol. The summed E-state index contributed by atoms with van der Waals surface area (Å²) in [5.74, 6) is 0.970. The highest BCUT2D eigenvalue weighted by atomic mass is 16.5. The molecule has 3 nitrogen and oxygen atoms in total. The van der Waals surface area contributed by atoms with Crippen molar-refractivity contribution in [3.63, 3.8) is 0 Å². The lowest BCUT2D eigenvalue weighted by Crippen LogP contribution is -2.38. The molecule has 1 aromatic rings. The van der Waals surface area contributed by atoms with Crippen LogP contribution >= 0.6 is 0 Å². The Labute approximate surface area is 116 Å². The summed E-state index contributed by atoms with van der Waals surface area (Å²) in [6.45, 7) is 3.14. The maximum Gasteiger partial charge on any atom is 0.121 e. The van der Waals surface area contributed by atoms with E-state index in [0.29, 0.717) is 12.1 Å². The fourth-order valence-electron chi connectivity index (χ4n) is 2.84. The first-order valence-corrected chi connectivity index (χ1v) is 7.31. The topological polar surface area (TPSA) is 47.3 Å². The monoisotopic (exact) mass is 262 g/mol. The zero-order valence-corrected chi connectivity index (χ0v) is 12.1. The predicted octanol–water partition coefficient (Wildman–Crippen LogP) is 2.41. The second kappa shape index (κ2) is 6.92. The van der Waals surface area contributed by atoms with Crippen LogP contribution in [0.1, 0.15) is 36.8 Å². The van der Waals surface area contributed by atoms with Gasteiger partial charge in [0.1, 0.15) is 5.75 Å². The summed E-state index contributed by atoms with van der Waals surface area (Å²) in [6.07, 6.45) is 5.86. The smallest absolute Gasteiger partial charge is 0.121 e. The summed E-state index contributed by atoms with van der Waals surface area (Å²) < 4.78 is 5.28. The molecule has 0 atom stereocenters. The van der Waals surface area contributed by atoms with Gasteiger partial charge in [0.15, 0.2) is 0 Å². The van der Waals surface area contributed by atoms with Crippen molar-refractivity contribution in [3.05, 3.63) is 29.3 Å². The molecule has 1 aliphatic carbocycles. The minimum absolute atomic E-state index is 0.433. The van der Waals surface area contributed by atoms with Crippen molar-refractivity contribution >= 4 is 0 Å². The fraction of sp³-hybridized carbons (Fsp3) is 0.625. The minimum Gasteiger partial charge on any atom is -0.496 e. The highest BCUT2D eigenvalue weighted by Gasteiger charge is 2.17. The van der Waals surface area contributed by atoms with Crippen molar-refractivity contribution in [1.82, 2.24) is 5.32 Å². The minimum atomic E-state index is 0.433. The summed E-state index contributed by atoms with van der Waals surface area (Å²) in [7, 11) is 1.72. The van der Waals surface area contributed by atoms with E-state index in [9.17, 15) is 0 Å². The summed E-state index contributed by atoms with van der Waals surface area (Å²) in [6, 6.07) is 7.53. The van der Waals surface area contributed by atoms with E-state index in [0.717, 1.165) is 18.7 Å². The molecule has 0 spiro atoms. The Morgan fingerprint density at radius 2 is 2.00 bits per heavy atom. The average molecular weight is 262 g/mol. The number of aryl methyl sites for hydroxylation is 1. The number of nitrogens with two attached hydrogens (primary N) is 1. The van der Waals surface area contributed by atoms with Gasteiger partial charge in [-0.15, -0.1) is 0 Å². The molecule has 3 heteroatoms. The van der Waals surface area contributed by atoms with Crippen LogP contribution in [0.15, 0.2) is 18.2 Å². The molecule has 1 saturated carbocycles. The zero-order chi connectivity index (χ0) is 13.7. The van der Waals surface area contributed by atoms with Crippen molar-refractivity contribution in [2.45, 2.75) is 51.1 Å². The van der Waals surface area contributed by atoms with Gasteiger partial charge < -0.3 is 15.8 Å². The van der Waals surface area contributed by atoms with Gasteiger partial charge >= 0.3 is 0 Å². The lowest BCUT2D eigenvalue weighted by Gasteiger charge is -2.27. The van der Waals surface area contributed by atoms with E-state index < -0.39 is 0 Å². The maximum absolute atomic E-state index is 5.92. The van der Waals surface area contributed by atoms with E-state index in [1.54, 1.807) is 7.11 Å². The Hall–Kier alpha value is -1.06. The number of hydrogen-bond acceptors (Lipinski definition) is 3. The first-order valence-electron chi connectivity index (χ1n) is 7.31. The highest BCUT2D eigenvalue weighted by molar-refractivity contribution is 5.36. The van der Waals surface area contributed by atoms with Crippen LogP contribution in [0.2, 0.25) is 0 Å². The van der Waals surface area contributed by atoms with Gasteiger partial charge in [0.25, 0.3) is 0 Å². The van der Waals surface area contributed by atoms with Crippen molar-refractivity contribution < 1.29 is 4.74 Å². The van der Waals surface area contributed by atoms with Gasteiger partial charge in [-0.1, -0.05) is 12.1 Å². The average Bonchev–Trinajstić information content (AvgIpc) is 2.41. The summed E-state index contributed by atoms with van der Waals surface area (Å²) in [4.78, 5) is 0. The quantitative estimate of drug-likeness (QED) is 0.856. The van der Waals surface area contributed by atoms with Crippen molar-refractivity contribution in [1.29, 1.82) is 0 Å². The molecule has 0 amide bonds. The van der Waals surface area contributed by atoms with Crippen LogP contribution in [0.5, 0.6) is 5.75 Å². The molecule has 0 aliphatic heterocycles. The molecule has 0 aromatic heterocycles. The number of rotatable bonds is 5. The second-order valence-corrected chi connectivity index (χ2v) is 5.62. The van der Waals surface area contributed by atoms with Crippen molar-refractivity contribution in [2.24, 2.45) is 5.73 Å². The third-order valence-electron chi connectivity index (χ3n) is 4.08. The normalized spacial score (nSPS) is 23.3. The molecule has 0 heterocycles. The molecule has 2 rings (SSSR count). The van der Waals surface area contributed by atoms with Gasteiger partial charge in [-0.3, -0.25) is 0 Å². The van der Waals surface area contributed by atoms with Crippen LogP contribution < -0.4 is 15.8 Å². The Morgan fingerprint density at radius 1 is 1.26 bits per heavy atom. The van der Waals surface area contributed by atoms with Gasteiger partial charge in [-0.05, 0) is 62.8 Å². The van der Waals surface area contributed by atoms with E-state index in [1.165, 1.54) is 36.8 Å². The summed E-state index contributed by atoms with van der Waals surface area (Å²) in [5, 5.41) is 3.65. The molecular formula is C16H26N2O. The summed E-state index contributed by atoms with van der Waals surface area (Å²) >= 11 is 0. The molecular weight excluding hydrogens is 236 g/mol. The van der Waals surface area contributed by atoms with Gasteiger partial charge in [-0.25, -0.2) is 0 Å². The summed E-state index contributed by atoms with van der Waals surface area (Å²) in [5.41, 5.74) is 8.51. The first-order chi connectivity index (χ1) is 9.19. The molecule has 0 unspecified atom stereocenters. The SMILES string of the molecule is COc1ccc(CCNC2CCC(N)CC2)cc1C. The van der Waals surface area contributed by atoms with E-state index in [-0.39, 0.29) is 0 Å². The molecule has 0 saturated heterocycles. The second-order valence-electron chi connectivity index (χ2n) is 5.62. The molecule has 19 heavy (non-hydrogen) atoms. The van der Waals surface area contributed by atoms with Crippen LogP contribution in [0, 0.1) is 6.92 Å². The third kappa shape index (κ3) is 4.22. The van der Waals surface area contributed by atoms with Gasteiger partial charge in [0.2, 0.25) is 0 Å². The molecule has 0 bridgehead atoms. The van der Waals surface area contributed by atoms with Crippen molar-refractivity contribution in [3.8, 4) is 5.75 Å². The number of ether oxygens (including phenoxy) is 1. The standard InChI is InChI=1S/C16H26N2O/c1-12-11-13(3-8-16(12)19-2)9-10-18-15-6-4-14(17)5-7-15/h3,8,11,14-15,18H,4-7,9-10,17H2,1-2H3. The van der Waals surface area contributed by atoms with E-state index in [4.69, 9.17) is 10.5 Å². The molecule has 1 fully saturated rings. The largest absolute Gasteiger partial charge is 0.496 e. The number of nitrogens with one attached hydrogen (secondary N) is 1. The first kappa shape index (κ1) is 14.4. The third-order valence-corrected chi connectivity index (χ3v) is 4.08. The van der Waals surface area contributed by atoms with E-state index >= 15 is 0 Å². The Morgan fingerprint density at radius 3 is 2.63 bits per heavy atom. The lowest BCUT2D eigenvalue weighted by molar-refractivity contribution is 0.344. The molecule has 3 N–H and O–H groups in total. The van der Waals surface area contributed by atoms with Gasteiger partial charge in [-0.2, -0.15) is 0 Å². The maximum atomic E-state index is 5.92. The van der Waals surface area contributed by atoms with E-state index in [1.807, 2.05) is 0 Å². The molecule has 106 valence electrons. The van der Waals surface area contributed by atoms with Crippen molar-refractivity contribution in [2.75, 3.05) is 13.7 Å². The van der Waals surface area contributed by atoms with Crippen LogP contribution in [-0.4, -0.2) is 25.7 Å². The zero-order valence-electron chi connectivity index (χ0n) is 12.1. The van der Waals surface area contributed by atoms with Crippen LogP contribution in [0.25, 0.3) is 0 Å². The Kier molecular flexibility index (Phi) is 5.23. The number of hydrogen-bond donors (Lipinski definition) is 2. The fourth-order valence-corrected chi connectivity index (χ4v) is 2.84. The Balaban J connectivity index is 1.75. The van der Waals surface area contributed by atoms with Crippen LogP contribution in [0.4, 0.5) is 0 Å². The molecule has 0 radical (unpaired) electrons. The van der Waals surface area contributed by atoms with Crippen LogP contribution in [-0.2, 0) is 6.42 Å². The number of benzene rings is 1. The Bertz CT molecular complexity index is 398. The lowest BCUT2D eigenvalue weighted by atomic mass is 9.92. The van der Waals surface area contributed by atoms with Crippen LogP contribution in [0.3, 0.4) is 0 Å². The molecule has 1 aromatic carbocycles. The molecule has 1 aliphatic rings. The van der Waals surface area contributed by atoms with Gasteiger partial charge in [0, 0.05) is 12.1 Å². The number of methoxy groups -OCH3 is 1. The van der Waals surface area contributed by atoms with Gasteiger partial charge in [0.05, 0.1) is 7.11 Å².